The van der Waals surface area contributed by atoms with Gasteiger partial charge in [0, 0.05) is 12.2 Å². The molecule has 0 fully saturated rings. The molecule has 2 heteroatoms. The van der Waals surface area contributed by atoms with Crippen LogP contribution in [0.4, 0.5) is 5.69 Å². The third kappa shape index (κ3) is 3.10. The summed E-state index contributed by atoms with van der Waals surface area (Å²) in [4.78, 5) is 0. The van der Waals surface area contributed by atoms with Gasteiger partial charge >= 0.3 is 0 Å². The van der Waals surface area contributed by atoms with Gasteiger partial charge < -0.3 is 10.1 Å². The number of hydrogen-bond donors (Lipinski definition) is 1. The summed E-state index contributed by atoms with van der Waals surface area (Å²) in [6.45, 7) is 4.91. The van der Waals surface area contributed by atoms with Gasteiger partial charge in [-0.3, -0.25) is 0 Å². The summed E-state index contributed by atoms with van der Waals surface area (Å²) in [5.41, 5.74) is 1.12. The van der Waals surface area contributed by atoms with E-state index in [4.69, 9.17) is 4.74 Å². The Morgan fingerprint density at radius 2 is 2.08 bits per heavy atom. The monoisotopic (exact) mass is 163 g/mol. The van der Waals surface area contributed by atoms with Gasteiger partial charge in [-0.15, -0.1) is 0 Å². The number of para-hydroxylation sites is 1. The van der Waals surface area contributed by atoms with Crippen LogP contribution in [0.25, 0.3) is 0 Å². The van der Waals surface area contributed by atoms with Crippen LogP contribution < -0.4 is 5.32 Å². The minimum Gasteiger partial charge on any atom is -0.500 e. The number of hydrogen-bond acceptors (Lipinski definition) is 2. The molecule has 1 aromatic carbocycles. The van der Waals surface area contributed by atoms with E-state index in [0.717, 1.165) is 12.2 Å². The van der Waals surface area contributed by atoms with Crippen molar-refractivity contribution in [2.24, 2.45) is 0 Å². The molecule has 0 aliphatic carbocycles. The van der Waals surface area contributed by atoms with Crippen molar-refractivity contribution < 1.29 is 4.74 Å². The van der Waals surface area contributed by atoms with Gasteiger partial charge in [-0.1, -0.05) is 24.8 Å². The Labute approximate surface area is 72.9 Å². The molecule has 0 aliphatic rings. The summed E-state index contributed by atoms with van der Waals surface area (Å²) >= 11 is 0. The first kappa shape index (κ1) is 8.65. The SMILES string of the molecule is C=COCCNc1ccccc1. The Morgan fingerprint density at radius 3 is 2.75 bits per heavy atom. The average Bonchev–Trinajstić information content (AvgIpc) is 2.14. The zero-order chi connectivity index (χ0) is 8.65. The fourth-order valence-electron chi connectivity index (χ4n) is 0.894. The van der Waals surface area contributed by atoms with Crippen molar-refractivity contribution in [2.75, 3.05) is 18.5 Å². The summed E-state index contributed by atoms with van der Waals surface area (Å²) in [6, 6.07) is 10.0. The van der Waals surface area contributed by atoms with E-state index in [1.165, 1.54) is 6.26 Å². The average molecular weight is 163 g/mol. The van der Waals surface area contributed by atoms with Crippen LogP contribution in [0.2, 0.25) is 0 Å². The van der Waals surface area contributed by atoms with Gasteiger partial charge in [0.2, 0.25) is 0 Å². The smallest absolute Gasteiger partial charge is 0.104 e. The zero-order valence-electron chi connectivity index (χ0n) is 6.99. The zero-order valence-corrected chi connectivity index (χ0v) is 6.99. The van der Waals surface area contributed by atoms with Crippen molar-refractivity contribution in [3.63, 3.8) is 0 Å². The lowest BCUT2D eigenvalue weighted by Gasteiger charge is -2.04. The van der Waals surface area contributed by atoms with Crippen LogP contribution in [0, 0.1) is 0 Å². The van der Waals surface area contributed by atoms with E-state index in [0.29, 0.717) is 6.61 Å². The highest BCUT2D eigenvalue weighted by atomic mass is 16.5. The molecule has 0 amide bonds. The van der Waals surface area contributed by atoms with Crippen LogP contribution >= 0.6 is 0 Å². The molecular weight excluding hydrogens is 150 g/mol. The minimum absolute atomic E-state index is 0.651. The van der Waals surface area contributed by atoms with E-state index >= 15 is 0 Å². The molecule has 1 aromatic rings. The topological polar surface area (TPSA) is 21.3 Å². The van der Waals surface area contributed by atoms with Crippen LogP contribution in [0.3, 0.4) is 0 Å². The largest absolute Gasteiger partial charge is 0.500 e. The predicted molar refractivity (Wildman–Crippen MR) is 51.1 cm³/mol. The third-order valence-electron chi connectivity index (χ3n) is 1.44. The minimum atomic E-state index is 0.651. The second kappa shape index (κ2) is 5.24. The first-order chi connectivity index (χ1) is 5.93. The molecule has 0 bridgehead atoms. The molecule has 64 valence electrons. The second-order valence-corrected chi connectivity index (χ2v) is 2.33. The summed E-state index contributed by atoms with van der Waals surface area (Å²) in [6.07, 6.45) is 1.45. The molecule has 1 N–H and O–H groups in total. The number of rotatable bonds is 5. The lowest BCUT2D eigenvalue weighted by atomic mass is 10.3. The molecule has 0 spiro atoms. The van der Waals surface area contributed by atoms with Crippen LogP contribution in [-0.2, 0) is 4.74 Å². The van der Waals surface area contributed by atoms with E-state index in [9.17, 15) is 0 Å². The number of ether oxygens (including phenoxy) is 1. The normalized spacial score (nSPS) is 9.00. The lowest BCUT2D eigenvalue weighted by Crippen LogP contribution is -2.06. The molecule has 0 heterocycles. The van der Waals surface area contributed by atoms with Crippen molar-refractivity contribution in [3.8, 4) is 0 Å². The molecule has 1 rings (SSSR count). The maximum absolute atomic E-state index is 4.96. The van der Waals surface area contributed by atoms with Crippen molar-refractivity contribution in [1.29, 1.82) is 0 Å². The molecule has 12 heavy (non-hydrogen) atoms. The van der Waals surface area contributed by atoms with Crippen molar-refractivity contribution in [2.45, 2.75) is 0 Å². The highest BCUT2D eigenvalue weighted by Gasteiger charge is 1.87. The first-order valence-corrected chi connectivity index (χ1v) is 3.95. The molecule has 0 aliphatic heterocycles. The van der Waals surface area contributed by atoms with Crippen LogP contribution in [0.1, 0.15) is 0 Å². The Morgan fingerprint density at radius 1 is 1.33 bits per heavy atom. The van der Waals surface area contributed by atoms with Gasteiger partial charge in [0.1, 0.15) is 6.61 Å². The molecule has 0 saturated carbocycles. The summed E-state index contributed by atoms with van der Waals surface area (Å²) < 4.78 is 4.96. The van der Waals surface area contributed by atoms with Crippen LogP contribution in [-0.4, -0.2) is 13.2 Å². The molecule has 0 unspecified atom stereocenters. The molecule has 0 atom stereocenters. The van der Waals surface area contributed by atoms with E-state index in [2.05, 4.69) is 11.9 Å². The highest BCUT2D eigenvalue weighted by molar-refractivity contribution is 5.42. The molecule has 0 aromatic heterocycles. The van der Waals surface area contributed by atoms with E-state index in [1.54, 1.807) is 0 Å². The van der Waals surface area contributed by atoms with Crippen molar-refractivity contribution >= 4 is 5.69 Å². The van der Waals surface area contributed by atoms with E-state index < -0.39 is 0 Å². The van der Waals surface area contributed by atoms with Gasteiger partial charge in [-0.25, -0.2) is 0 Å². The van der Waals surface area contributed by atoms with Crippen molar-refractivity contribution in [1.82, 2.24) is 0 Å². The number of benzene rings is 1. The standard InChI is InChI=1S/C10H13NO/c1-2-12-9-8-11-10-6-4-3-5-7-10/h2-7,11H,1,8-9H2. The van der Waals surface area contributed by atoms with Crippen LogP contribution in [0.5, 0.6) is 0 Å². The molecular formula is C10H13NO. The maximum atomic E-state index is 4.96. The Bertz CT molecular complexity index is 221. The predicted octanol–water partition coefficient (Wildman–Crippen LogP) is 2.26. The van der Waals surface area contributed by atoms with Gasteiger partial charge in [0.25, 0.3) is 0 Å². The van der Waals surface area contributed by atoms with Gasteiger partial charge in [-0.2, -0.15) is 0 Å². The molecule has 2 nitrogen and oxygen atoms in total. The molecule has 0 radical (unpaired) electrons. The van der Waals surface area contributed by atoms with Crippen molar-refractivity contribution in [3.05, 3.63) is 43.2 Å². The lowest BCUT2D eigenvalue weighted by molar-refractivity contribution is 0.264. The fraction of sp³-hybridized carbons (Fsp3) is 0.200. The Balaban J connectivity index is 2.20. The Hall–Kier alpha value is -1.44. The number of nitrogens with one attached hydrogen (secondary N) is 1. The van der Waals surface area contributed by atoms with Crippen LogP contribution in [0.15, 0.2) is 43.2 Å². The van der Waals surface area contributed by atoms with E-state index in [-0.39, 0.29) is 0 Å². The van der Waals surface area contributed by atoms with Gasteiger partial charge in [0.05, 0.1) is 6.26 Å². The first-order valence-electron chi connectivity index (χ1n) is 3.95. The second-order valence-electron chi connectivity index (χ2n) is 2.33. The Kier molecular flexibility index (Phi) is 3.78. The van der Waals surface area contributed by atoms with Gasteiger partial charge in [-0.05, 0) is 12.1 Å². The third-order valence-corrected chi connectivity index (χ3v) is 1.44. The molecule has 0 saturated heterocycles. The van der Waals surface area contributed by atoms with E-state index in [1.807, 2.05) is 30.3 Å². The maximum Gasteiger partial charge on any atom is 0.104 e. The quantitative estimate of drug-likeness (QED) is 0.531. The highest BCUT2D eigenvalue weighted by Crippen LogP contribution is 2.03. The van der Waals surface area contributed by atoms with Gasteiger partial charge in [0.15, 0.2) is 0 Å². The summed E-state index contributed by atoms with van der Waals surface area (Å²) in [5, 5.41) is 3.21. The summed E-state index contributed by atoms with van der Waals surface area (Å²) in [5.74, 6) is 0. The number of anilines is 1. The fourth-order valence-corrected chi connectivity index (χ4v) is 0.894. The summed E-state index contributed by atoms with van der Waals surface area (Å²) in [7, 11) is 0.